The van der Waals surface area contributed by atoms with Crippen LogP contribution in [0.5, 0.6) is 0 Å². The molecule has 0 aliphatic carbocycles. The first-order chi connectivity index (χ1) is 9.08. The summed E-state index contributed by atoms with van der Waals surface area (Å²) < 4.78 is 1.00. The van der Waals surface area contributed by atoms with E-state index in [1.807, 2.05) is 42.5 Å². The highest BCUT2D eigenvalue weighted by atomic mass is 79.9. The van der Waals surface area contributed by atoms with Crippen molar-refractivity contribution in [2.24, 2.45) is 0 Å². The van der Waals surface area contributed by atoms with E-state index in [2.05, 4.69) is 15.9 Å². The van der Waals surface area contributed by atoms with E-state index >= 15 is 0 Å². The van der Waals surface area contributed by atoms with Crippen LogP contribution in [-0.2, 0) is 5.75 Å². The predicted octanol–water partition coefficient (Wildman–Crippen LogP) is 5.45. The van der Waals surface area contributed by atoms with Crippen LogP contribution in [0.3, 0.4) is 0 Å². The van der Waals surface area contributed by atoms with Crippen molar-refractivity contribution in [2.75, 3.05) is 0 Å². The normalized spacial score (nSPS) is 12.4. The van der Waals surface area contributed by atoms with Gasteiger partial charge in [0.1, 0.15) is 0 Å². The molecule has 1 N–H and O–H groups in total. The molecule has 2 aromatic rings. The first kappa shape index (κ1) is 14.9. The van der Waals surface area contributed by atoms with E-state index in [-0.39, 0.29) is 0 Å². The second-order valence-corrected chi connectivity index (χ2v) is 6.52. The van der Waals surface area contributed by atoms with E-state index in [0.717, 1.165) is 31.3 Å². The summed E-state index contributed by atoms with van der Waals surface area (Å²) in [6, 6.07) is 13.8. The molecule has 0 fully saturated rings. The minimum Gasteiger partial charge on any atom is -0.389 e. The van der Waals surface area contributed by atoms with Crippen LogP contribution >= 0.6 is 39.3 Å². The lowest BCUT2D eigenvalue weighted by molar-refractivity contribution is 0.199. The minimum absolute atomic E-state index is 0.445. The number of halogens is 2. The zero-order chi connectivity index (χ0) is 13.8. The molecule has 2 aromatic carbocycles. The Bertz CT molecular complexity index is 572. The van der Waals surface area contributed by atoms with Gasteiger partial charge in [-0.25, -0.2) is 0 Å². The summed E-state index contributed by atoms with van der Waals surface area (Å²) in [5.74, 6) is 0.826. The molecule has 1 nitrogen and oxygen atoms in total. The second-order valence-electron chi connectivity index (χ2n) is 4.25. The van der Waals surface area contributed by atoms with Crippen LogP contribution in [-0.4, -0.2) is 5.11 Å². The van der Waals surface area contributed by atoms with Crippen molar-refractivity contribution in [3.8, 4) is 0 Å². The Morgan fingerprint density at radius 2 is 2.00 bits per heavy atom. The molecule has 0 saturated carbocycles. The van der Waals surface area contributed by atoms with Gasteiger partial charge >= 0.3 is 0 Å². The van der Waals surface area contributed by atoms with E-state index < -0.39 is 6.10 Å². The molecular formula is C15H14BrClOS. The van der Waals surface area contributed by atoms with E-state index in [4.69, 9.17) is 11.6 Å². The molecule has 0 radical (unpaired) electrons. The molecule has 0 heterocycles. The standard InChI is InChI=1S/C15H14BrClOS/c1-10(18)11-6-7-15(13(16)8-11)19-9-12-4-2-3-5-14(12)17/h2-8,10,18H,9H2,1H3. The van der Waals surface area contributed by atoms with Crippen LogP contribution < -0.4 is 0 Å². The first-order valence-electron chi connectivity index (χ1n) is 5.91. The number of aliphatic hydroxyl groups excluding tert-OH is 1. The number of rotatable bonds is 4. The maximum Gasteiger partial charge on any atom is 0.0762 e. The van der Waals surface area contributed by atoms with Gasteiger partial charge in [0.15, 0.2) is 0 Å². The SMILES string of the molecule is CC(O)c1ccc(SCc2ccccc2Cl)c(Br)c1. The zero-order valence-corrected chi connectivity index (χ0v) is 13.6. The summed E-state index contributed by atoms with van der Waals surface area (Å²) >= 11 is 11.4. The maximum atomic E-state index is 9.54. The van der Waals surface area contributed by atoms with Gasteiger partial charge in [0.2, 0.25) is 0 Å². The molecule has 1 atom stereocenters. The van der Waals surface area contributed by atoms with E-state index in [1.54, 1.807) is 18.7 Å². The minimum atomic E-state index is -0.445. The summed E-state index contributed by atoms with van der Waals surface area (Å²) in [5, 5.41) is 10.3. The fourth-order valence-corrected chi connectivity index (χ4v) is 3.61. The van der Waals surface area contributed by atoms with Gasteiger partial charge in [0.05, 0.1) is 6.10 Å². The predicted molar refractivity (Wildman–Crippen MR) is 85.8 cm³/mol. The van der Waals surface area contributed by atoms with Crippen molar-refractivity contribution in [3.63, 3.8) is 0 Å². The third-order valence-electron chi connectivity index (χ3n) is 2.78. The van der Waals surface area contributed by atoms with Gasteiger partial charge in [0.25, 0.3) is 0 Å². The van der Waals surface area contributed by atoms with Gasteiger partial charge in [-0.05, 0) is 52.2 Å². The molecule has 0 aromatic heterocycles. The van der Waals surface area contributed by atoms with Crippen LogP contribution in [0.15, 0.2) is 51.8 Å². The third-order valence-corrected chi connectivity index (χ3v) is 5.19. The summed E-state index contributed by atoms with van der Waals surface area (Å²) in [6.45, 7) is 1.76. The average Bonchev–Trinajstić information content (AvgIpc) is 2.39. The molecule has 19 heavy (non-hydrogen) atoms. The number of hydrogen-bond donors (Lipinski definition) is 1. The Kier molecular flexibility index (Phi) is 5.34. The van der Waals surface area contributed by atoms with Gasteiger partial charge in [-0.15, -0.1) is 11.8 Å². The van der Waals surface area contributed by atoms with Gasteiger partial charge in [-0.3, -0.25) is 0 Å². The molecule has 0 aliphatic rings. The maximum absolute atomic E-state index is 9.54. The quantitative estimate of drug-likeness (QED) is 0.734. The summed E-state index contributed by atoms with van der Waals surface area (Å²) in [6.07, 6.45) is -0.445. The lowest BCUT2D eigenvalue weighted by atomic mass is 10.1. The van der Waals surface area contributed by atoms with Crippen molar-refractivity contribution in [3.05, 3.63) is 63.1 Å². The molecule has 0 spiro atoms. The molecule has 0 aliphatic heterocycles. The molecule has 0 amide bonds. The van der Waals surface area contributed by atoms with Gasteiger partial charge in [-0.1, -0.05) is 35.9 Å². The Labute approximate surface area is 131 Å². The van der Waals surface area contributed by atoms with E-state index in [1.165, 1.54) is 0 Å². The summed E-state index contributed by atoms with van der Waals surface area (Å²) in [7, 11) is 0. The van der Waals surface area contributed by atoms with Crippen LogP contribution in [0.1, 0.15) is 24.2 Å². The Balaban J connectivity index is 2.10. The molecule has 1 unspecified atom stereocenters. The molecular weight excluding hydrogens is 344 g/mol. The van der Waals surface area contributed by atoms with Gasteiger partial charge in [-0.2, -0.15) is 0 Å². The number of aliphatic hydroxyl groups is 1. The van der Waals surface area contributed by atoms with Crippen molar-refractivity contribution >= 4 is 39.3 Å². The first-order valence-corrected chi connectivity index (χ1v) is 8.07. The Morgan fingerprint density at radius 1 is 1.26 bits per heavy atom. The Hall–Kier alpha value is -0.480. The third kappa shape index (κ3) is 3.99. The lowest BCUT2D eigenvalue weighted by Gasteiger charge is -2.09. The van der Waals surface area contributed by atoms with Crippen molar-refractivity contribution in [1.29, 1.82) is 0 Å². The fraction of sp³-hybridized carbons (Fsp3) is 0.200. The summed E-state index contributed by atoms with van der Waals surface area (Å²) in [5.41, 5.74) is 2.04. The molecule has 0 saturated heterocycles. The number of benzene rings is 2. The van der Waals surface area contributed by atoms with Gasteiger partial charge < -0.3 is 5.11 Å². The van der Waals surface area contributed by atoms with E-state index in [9.17, 15) is 5.11 Å². The molecule has 0 bridgehead atoms. The van der Waals surface area contributed by atoms with Gasteiger partial charge in [0, 0.05) is 20.1 Å². The smallest absolute Gasteiger partial charge is 0.0762 e. The topological polar surface area (TPSA) is 20.2 Å². The highest BCUT2D eigenvalue weighted by molar-refractivity contribution is 9.10. The second kappa shape index (κ2) is 6.80. The average molecular weight is 358 g/mol. The highest BCUT2D eigenvalue weighted by Gasteiger charge is 2.07. The molecule has 2 rings (SSSR count). The number of thioether (sulfide) groups is 1. The lowest BCUT2D eigenvalue weighted by Crippen LogP contribution is -1.91. The zero-order valence-electron chi connectivity index (χ0n) is 10.4. The highest BCUT2D eigenvalue weighted by Crippen LogP contribution is 2.33. The van der Waals surface area contributed by atoms with Crippen molar-refractivity contribution in [2.45, 2.75) is 23.7 Å². The fourth-order valence-electron chi connectivity index (χ4n) is 1.66. The van der Waals surface area contributed by atoms with Crippen molar-refractivity contribution in [1.82, 2.24) is 0 Å². The summed E-state index contributed by atoms with van der Waals surface area (Å²) in [4.78, 5) is 1.14. The monoisotopic (exact) mass is 356 g/mol. The van der Waals surface area contributed by atoms with Crippen LogP contribution in [0, 0.1) is 0 Å². The Morgan fingerprint density at radius 3 is 2.63 bits per heavy atom. The molecule has 100 valence electrons. The van der Waals surface area contributed by atoms with Crippen molar-refractivity contribution < 1.29 is 5.11 Å². The molecule has 4 heteroatoms. The number of hydrogen-bond acceptors (Lipinski definition) is 2. The van der Waals surface area contributed by atoms with Crippen LogP contribution in [0.2, 0.25) is 5.02 Å². The van der Waals surface area contributed by atoms with E-state index in [0.29, 0.717) is 0 Å². The van der Waals surface area contributed by atoms with Crippen LogP contribution in [0.4, 0.5) is 0 Å². The van der Waals surface area contributed by atoms with Crippen LogP contribution in [0.25, 0.3) is 0 Å². The largest absolute Gasteiger partial charge is 0.389 e.